The first-order chi connectivity index (χ1) is 7.72. The number of hydrogen-bond donors (Lipinski definition) is 0. The maximum atomic E-state index is 5.21. The van der Waals surface area contributed by atoms with Gasteiger partial charge in [0.2, 0.25) is 5.82 Å². The Morgan fingerprint density at radius 3 is 3.00 bits per heavy atom. The lowest BCUT2D eigenvalue weighted by atomic mass is 10.2. The Morgan fingerprint density at radius 1 is 1.56 bits per heavy atom. The van der Waals surface area contributed by atoms with Crippen LogP contribution >= 0.6 is 11.3 Å². The molecule has 84 valence electrons. The molecule has 0 N–H and O–H groups in total. The highest BCUT2D eigenvalue weighted by molar-refractivity contribution is 7.13. The number of aryl methyl sites for hydroxylation is 1. The summed E-state index contributed by atoms with van der Waals surface area (Å²) in [6, 6.07) is 0. The van der Waals surface area contributed by atoms with Gasteiger partial charge in [0.25, 0.3) is 5.89 Å². The van der Waals surface area contributed by atoms with Gasteiger partial charge in [-0.3, -0.25) is 0 Å². The van der Waals surface area contributed by atoms with Gasteiger partial charge in [-0.25, -0.2) is 4.98 Å². The van der Waals surface area contributed by atoms with Gasteiger partial charge < -0.3 is 4.52 Å². The summed E-state index contributed by atoms with van der Waals surface area (Å²) in [5.74, 6) is 1.21. The molecule has 0 aliphatic rings. The Hall–Kier alpha value is -1.49. The average Bonchev–Trinajstić information content (AvgIpc) is 2.86. The molecule has 0 fully saturated rings. The Morgan fingerprint density at radius 2 is 2.38 bits per heavy atom. The van der Waals surface area contributed by atoms with Crippen molar-refractivity contribution in [1.82, 2.24) is 15.1 Å². The van der Waals surface area contributed by atoms with Gasteiger partial charge in [-0.15, -0.1) is 11.3 Å². The summed E-state index contributed by atoms with van der Waals surface area (Å²) >= 11 is 1.53. The second kappa shape index (κ2) is 4.57. The van der Waals surface area contributed by atoms with E-state index in [1.165, 1.54) is 11.3 Å². The van der Waals surface area contributed by atoms with Crippen LogP contribution in [0.15, 0.2) is 16.1 Å². The summed E-state index contributed by atoms with van der Waals surface area (Å²) in [7, 11) is 0. The molecule has 4 nitrogen and oxygen atoms in total. The maximum absolute atomic E-state index is 5.21. The van der Waals surface area contributed by atoms with Crippen LogP contribution in [-0.4, -0.2) is 15.1 Å². The fourth-order valence-electron chi connectivity index (χ4n) is 1.39. The fourth-order valence-corrected chi connectivity index (χ4v) is 2.11. The molecule has 0 aromatic carbocycles. The molecule has 16 heavy (non-hydrogen) atoms. The third kappa shape index (κ3) is 2.04. The topological polar surface area (TPSA) is 51.8 Å². The zero-order chi connectivity index (χ0) is 11.5. The number of hydrogen-bond acceptors (Lipinski definition) is 5. The Kier molecular flexibility index (Phi) is 3.14. The smallest absolute Gasteiger partial charge is 0.253 e. The van der Waals surface area contributed by atoms with Crippen LogP contribution in [0, 0.1) is 6.92 Å². The van der Waals surface area contributed by atoms with Crippen LogP contribution in [0.1, 0.15) is 31.9 Å². The Bertz CT molecular complexity index is 513. The molecule has 2 rings (SSSR count). The van der Waals surface area contributed by atoms with Crippen molar-refractivity contribution < 1.29 is 4.52 Å². The minimum absolute atomic E-state index is 0.588. The van der Waals surface area contributed by atoms with Gasteiger partial charge in [-0.1, -0.05) is 18.2 Å². The molecular formula is C11H13N3OS. The van der Waals surface area contributed by atoms with Crippen molar-refractivity contribution in [3.8, 4) is 10.7 Å². The highest BCUT2D eigenvalue weighted by Gasteiger charge is 2.13. The molecule has 2 aromatic heterocycles. The van der Waals surface area contributed by atoms with Crippen molar-refractivity contribution in [2.24, 2.45) is 0 Å². The maximum Gasteiger partial charge on any atom is 0.253 e. The van der Waals surface area contributed by atoms with Gasteiger partial charge in [0, 0.05) is 5.57 Å². The number of nitrogens with zero attached hydrogens (tertiary/aromatic N) is 3. The second-order valence-corrected chi connectivity index (χ2v) is 4.34. The number of aromatic nitrogens is 3. The third-order valence-electron chi connectivity index (χ3n) is 2.22. The van der Waals surface area contributed by atoms with Crippen molar-refractivity contribution in [2.75, 3.05) is 0 Å². The molecule has 0 saturated heterocycles. The van der Waals surface area contributed by atoms with E-state index in [0.29, 0.717) is 11.7 Å². The van der Waals surface area contributed by atoms with E-state index >= 15 is 0 Å². The van der Waals surface area contributed by atoms with Crippen molar-refractivity contribution in [3.63, 3.8) is 0 Å². The van der Waals surface area contributed by atoms with Crippen LogP contribution in [0.2, 0.25) is 0 Å². The minimum atomic E-state index is 0.588. The zero-order valence-corrected chi connectivity index (χ0v) is 10.3. The van der Waals surface area contributed by atoms with E-state index in [0.717, 1.165) is 22.6 Å². The van der Waals surface area contributed by atoms with Crippen molar-refractivity contribution in [3.05, 3.63) is 23.2 Å². The lowest BCUT2D eigenvalue weighted by molar-refractivity contribution is 0.408. The van der Waals surface area contributed by atoms with Crippen LogP contribution < -0.4 is 0 Å². The van der Waals surface area contributed by atoms with Crippen LogP contribution in [0.25, 0.3) is 16.3 Å². The summed E-state index contributed by atoms with van der Waals surface area (Å²) in [6.45, 7) is 5.99. The first kappa shape index (κ1) is 11.0. The van der Waals surface area contributed by atoms with E-state index in [-0.39, 0.29) is 0 Å². The molecule has 0 aliphatic heterocycles. The molecular weight excluding hydrogens is 222 g/mol. The molecule has 0 radical (unpaired) electrons. The summed E-state index contributed by atoms with van der Waals surface area (Å²) in [6.07, 6.45) is 3.03. The van der Waals surface area contributed by atoms with Crippen molar-refractivity contribution >= 4 is 16.9 Å². The van der Waals surface area contributed by atoms with E-state index in [9.17, 15) is 0 Å². The standard InChI is InChI=1S/C11H13N3OS/c1-4-5-7(2)11-13-10(14-15-11)9-8(3)12-6-16-9/h5-6H,4H2,1-3H3/b7-5+. The van der Waals surface area contributed by atoms with Crippen LogP contribution in [0.4, 0.5) is 0 Å². The highest BCUT2D eigenvalue weighted by atomic mass is 32.1. The first-order valence-electron chi connectivity index (χ1n) is 5.13. The van der Waals surface area contributed by atoms with Crippen molar-refractivity contribution in [2.45, 2.75) is 27.2 Å². The SMILES string of the molecule is CC/C=C(\C)c1nc(-c2scnc2C)no1. The molecule has 0 saturated carbocycles. The van der Waals surface area contributed by atoms with Gasteiger partial charge in [-0.05, 0) is 20.3 Å². The number of rotatable bonds is 3. The number of thiazole rings is 1. The monoisotopic (exact) mass is 235 g/mol. The normalized spacial score (nSPS) is 12.1. The summed E-state index contributed by atoms with van der Waals surface area (Å²) in [4.78, 5) is 9.49. The van der Waals surface area contributed by atoms with Crippen LogP contribution in [0.5, 0.6) is 0 Å². The zero-order valence-electron chi connectivity index (χ0n) is 9.52. The molecule has 0 bridgehead atoms. The molecule has 0 amide bonds. The summed E-state index contributed by atoms with van der Waals surface area (Å²) in [5.41, 5.74) is 3.74. The Balaban J connectivity index is 2.33. The van der Waals surface area contributed by atoms with Gasteiger partial charge in [-0.2, -0.15) is 4.98 Å². The fraction of sp³-hybridized carbons (Fsp3) is 0.364. The molecule has 0 atom stereocenters. The highest BCUT2D eigenvalue weighted by Crippen LogP contribution is 2.25. The quantitative estimate of drug-likeness (QED) is 0.819. The predicted molar refractivity (Wildman–Crippen MR) is 64.1 cm³/mol. The van der Waals surface area contributed by atoms with E-state index in [1.807, 2.05) is 13.8 Å². The summed E-state index contributed by atoms with van der Waals surface area (Å²) in [5, 5.41) is 3.97. The van der Waals surface area contributed by atoms with Crippen molar-refractivity contribution in [1.29, 1.82) is 0 Å². The molecule has 0 aliphatic carbocycles. The van der Waals surface area contributed by atoms with E-state index in [2.05, 4.69) is 28.1 Å². The van der Waals surface area contributed by atoms with Crippen LogP contribution in [-0.2, 0) is 0 Å². The average molecular weight is 235 g/mol. The number of allylic oxidation sites excluding steroid dienone is 2. The molecule has 0 unspecified atom stereocenters. The summed E-state index contributed by atoms with van der Waals surface area (Å²) < 4.78 is 5.21. The third-order valence-corrected chi connectivity index (χ3v) is 3.15. The predicted octanol–water partition coefficient (Wildman–Crippen LogP) is 3.31. The largest absolute Gasteiger partial charge is 0.334 e. The van der Waals surface area contributed by atoms with Gasteiger partial charge >= 0.3 is 0 Å². The molecule has 5 heteroatoms. The second-order valence-electron chi connectivity index (χ2n) is 3.49. The Labute approximate surface area is 98.0 Å². The van der Waals surface area contributed by atoms with Gasteiger partial charge in [0.15, 0.2) is 0 Å². The lowest BCUT2D eigenvalue weighted by Crippen LogP contribution is -1.82. The minimum Gasteiger partial charge on any atom is -0.334 e. The van der Waals surface area contributed by atoms with E-state index < -0.39 is 0 Å². The van der Waals surface area contributed by atoms with Crippen LogP contribution in [0.3, 0.4) is 0 Å². The molecule has 2 heterocycles. The van der Waals surface area contributed by atoms with Gasteiger partial charge in [0.05, 0.1) is 16.1 Å². The first-order valence-corrected chi connectivity index (χ1v) is 6.01. The molecule has 2 aromatic rings. The molecule has 0 spiro atoms. The lowest BCUT2D eigenvalue weighted by Gasteiger charge is -1.90. The van der Waals surface area contributed by atoms with E-state index in [1.54, 1.807) is 5.51 Å². The van der Waals surface area contributed by atoms with Gasteiger partial charge in [0.1, 0.15) is 0 Å². The van der Waals surface area contributed by atoms with E-state index in [4.69, 9.17) is 4.52 Å².